The average Bonchev–Trinajstić information content (AvgIpc) is 3.04. The fourth-order valence-electron chi connectivity index (χ4n) is 3.40. The van der Waals surface area contributed by atoms with Crippen LogP contribution in [0.1, 0.15) is 44.2 Å². The number of rotatable bonds is 3. The fraction of sp³-hybridized carbons (Fsp3) is 0.625. The largest absolute Gasteiger partial charge is 0.363 e. The Morgan fingerprint density at radius 3 is 2.77 bits per heavy atom. The normalized spacial score (nSPS) is 22.3. The van der Waals surface area contributed by atoms with E-state index in [1.807, 2.05) is 11.0 Å². The van der Waals surface area contributed by atoms with Crippen LogP contribution in [-0.2, 0) is 4.79 Å². The van der Waals surface area contributed by atoms with Gasteiger partial charge in [-0.1, -0.05) is 19.3 Å². The summed E-state index contributed by atoms with van der Waals surface area (Å²) in [7, 11) is 0. The van der Waals surface area contributed by atoms with Crippen molar-refractivity contribution >= 4 is 11.7 Å². The monoisotopic (exact) mass is 299 g/mol. The molecule has 6 nitrogen and oxygen atoms in total. The number of nitriles is 1. The number of carbonyl (C=O) groups excluding carboxylic acids is 1. The molecule has 0 radical (unpaired) electrons. The molecule has 22 heavy (non-hydrogen) atoms. The lowest BCUT2D eigenvalue weighted by Gasteiger charge is -2.26. The van der Waals surface area contributed by atoms with E-state index < -0.39 is 0 Å². The van der Waals surface area contributed by atoms with Gasteiger partial charge >= 0.3 is 0 Å². The molecule has 1 aliphatic heterocycles. The van der Waals surface area contributed by atoms with E-state index in [0.29, 0.717) is 24.0 Å². The number of likely N-dealkylation sites (tertiary alicyclic amines) is 1. The van der Waals surface area contributed by atoms with Crippen molar-refractivity contribution < 1.29 is 4.79 Å². The fourth-order valence-corrected chi connectivity index (χ4v) is 3.40. The quantitative estimate of drug-likeness (QED) is 0.922. The van der Waals surface area contributed by atoms with Crippen molar-refractivity contribution in [1.29, 1.82) is 5.26 Å². The molecule has 1 atom stereocenters. The Hall–Kier alpha value is -2.16. The Bertz CT molecular complexity index is 576. The van der Waals surface area contributed by atoms with Crippen molar-refractivity contribution in [2.24, 2.45) is 5.92 Å². The van der Waals surface area contributed by atoms with Gasteiger partial charge in [0, 0.05) is 37.4 Å². The molecule has 1 saturated heterocycles. The molecule has 1 amide bonds. The second-order valence-corrected chi connectivity index (χ2v) is 6.11. The number of nitrogens with zero attached hydrogens (tertiary/aromatic N) is 4. The summed E-state index contributed by atoms with van der Waals surface area (Å²) in [6, 6.07) is 2.19. The zero-order chi connectivity index (χ0) is 15.4. The third kappa shape index (κ3) is 3.19. The molecule has 3 rings (SSSR count). The molecular formula is C16H21N5O. The Morgan fingerprint density at radius 2 is 2.00 bits per heavy atom. The molecule has 1 unspecified atom stereocenters. The van der Waals surface area contributed by atoms with Crippen LogP contribution in [0.5, 0.6) is 0 Å². The van der Waals surface area contributed by atoms with Crippen molar-refractivity contribution in [1.82, 2.24) is 14.9 Å². The summed E-state index contributed by atoms with van der Waals surface area (Å²) in [5.41, 5.74) is 0.305. The van der Waals surface area contributed by atoms with Gasteiger partial charge in [-0.2, -0.15) is 5.26 Å². The van der Waals surface area contributed by atoms with Gasteiger partial charge in [0.05, 0.1) is 0 Å². The summed E-state index contributed by atoms with van der Waals surface area (Å²) in [5.74, 6) is 1.05. The molecule has 0 spiro atoms. The van der Waals surface area contributed by atoms with Gasteiger partial charge in [-0.05, 0) is 19.3 Å². The molecule has 1 N–H and O–H groups in total. The van der Waals surface area contributed by atoms with Gasteiger partial charge in [0.25, 0.3) is 0 Å². The number of hydrogen-bond donors (Lipinski definition) is 1. The highest BCUT2D eigenvalue weighted by atomic mass is 16.2. The van der Waals surface area contributed by atoms with Crippen LogP contribution >= 0.6 is 0 Å². The first-order valence-corrected chi connectivity index (χ1v) is 8.04. The van der Waals surface area contributed by atoms with Gasteiger partial charge in [-0.3, -0.25) is 4.79 Å². The van der Waals surface area contributed by atoms with Crippen molar-refractivity contribution in [3.05, 3.63) is 18.1 Å². The number of nitrogens with one attached hydrogen (secondary N) is 1. The number of amides is 1. The van der Waals surface area contributed by atoms with E-state index in [-0.39, 0.29) is 12.0 Å². The molecule has 1 aromatic heterocycles. The molecule has 0 bridgehead atoms. The van der Waals surface area contributed by atoms with E-state index in [9.17, 15) is 4.79 Å². The van der Waals surface area contributed by atoms with Crippen LogP contribution in [0.4, 0.5) is 5.82 Å². The van der Waals surface area contributed by atoms with Gasteiger partial charge in [0.2, 0.25) is 5.91 Å². The highest BCUT2D eigenvalue weighted by Gasteiger charge is 2.31. The topological polar surface area (TPSA) is 81.9 Å². The minimum absolute atomic E-state index is 0.149. The van der Waals surface area contributed by atoms with Crippen molar-refractivity contribution in [3.63, 3.8) is 0 Å². The molecule has 116 valence electrons. The van der Waals surface area contributed by atoms with Crippen molar-refractivity contribution in [3.8, 4) is 6.07 Å². The van der Waals surface area contributed by atoms with Crippen LogP contribution in [-0.4, -0.2) is 39.9 Å². The maximum Gasteiger partial charge on any atom is 0.225 e. The molecule has 1 aliphatic carbocycles. The standard InChI is InChI=1S/C16H21N5O/c17-10-14-15(19-8-7-18-14)20-13-6-9-21(11-13)16(22)12-4-2-1-3-5-12/h7-8,12-13H,1-6,9,11H2,(H,19,20). The van der Waals surface area contributed by atoms with Crippen LogP contribution in [0.15, 0.2) is 12.4 Å². The lowest BCUT2D eigenvalue weighted by atomic mass is 9.88. The van der Waals surface area contributed by atoms with Gasteiger partial charge in [-0.15, -0.1) is 0 Å². The number of hydrogen-bond acceptors (Lipinski definition) is 5. The summed E-state index contributed by atoms with van der Waals surface area (Å²) in [6.45, 7) is 1.48. The maximum absolute atomic E-state index is 12.5. The van der Waals surface area contributed by atoms with E-state index in [2.05, 4.69) is 15.3 Å². The van der Waals surface area contributed by atoms with Gasteiger partial charge < -0.3 is 10.2 Å². The SMILES string of the molecule is N#Cc1nccnc1NC1CCN(C(=O)C2CCCCC2)C1. The second-order valence-electron chi connectivity index (χ2n) is 6.11. The number of aromatic nitrogens is 2. The van der Waals surface area contributed by atoms with Crippen LogP contribution in [0.3, 0.4) is 0 Å². The van der Waals surface area contributed by atoms with E-state index in [0.717, 1.165) is 25.8 Å². The van der Waals surface area contributed by atoms with Gasteiger partial charge in [0.1, 0.15) is 6.07 Å². The second kappa shape index (κ2) is 6.73. The maximum atomic E-state index is 12.5. The molecule has 2 heterocycles. The van der Waals surface area contributed by atoms with Crippen LogP contribution in [0.25, 0.3) is 0 Å². The average molecular weight is 299 g/mol. The van der Waals surface area contributed by atoms with E-state index in [4.69, 9.17) is 5.26 Å². The first-order valence-electron chi connectivity index (χ1n) is 8.04. The predicted molar refractivity (Wildman–Crippen MR) is 81.9 cm³/mol. The molecule has 1 aromatic rings. The summed E-state index contributed by atoms with van der Waals surface area (Å²) < 4.78 is 0. The van der Waals surface area contributed by atoms with Crippen LogP contribution < -0.4 is 5.32 Å². The zero-order valence-electron chi connectivity index (χ0n) is 12.7. The molecule has 2 fully saturated rings. The highest BCUT2D eigenvalue weighted by molar-refractivity contribution is 5.79. The molecule has 6 heteroatoms. The minimum Gasteiger partial charge on any atom is -0.363 e. The summed E-state index contributed by atoms with van der Waals surface area (Å²) in [4.78, 5) is 22.7. The lowest BCUT2D eigenvalue weighted by Crippen LogP contribution is -2.37. The highest BCUT2D eigenvalue weighted by Crippen LogP contribution is 2.27. The molecule has 2 aliphatic rings. The number of anilines is 1. The smallest absolute Gasteiger partial charge is 0.225 e. The zero-order valence-corrected chi connectivity index (χ0v) is 12.7. The van der Waals surface area contributed by atoms with Crippen molar-refractivity contribution in [2.45, 2.75) is 44.6 Å². The molecule has 0 aromatic carbocycles. The van der Waals surface area contributed by atoms with E-state index >= 15 is 0 Å². The van der Waals surface area contributed by atoms with Crippen LogP contribution in [0.2, 0.25) is 0 Å². The Balaban J connectivity index is 1.58. The summed E-state index contributed by atoms with van der Waals surface area (Å²) in [5, 5.41) is 12.3. The third-order valence-electron chi connectivity index (χ3n) is 4.60. The Kier molecular flexibility index (Phi) is 4.52. The first-order chi connectivity index (χ1) is 10.8. The molecule has 1 saturated carbocycles. The number of carbonyl (C=O) groups is 1. The van der Waals surface area contributed by atoms with E-state index in [1.54, 1.807) is 6.20 Å². The predicted octanol–water partition coefficient (Wildman–Crippen LogP) is 1.94. The van der Waals surface area contributed by atoms with Gasteiger partial charge in [-0.25, -0.2) is 9.97 Å². The van der Waals surface area contributed by atoms with Crippen LogP contribution in [0, 0.1) is 17.2 Å². The van der Waals surface area contributed by atoms with Crippen molar-refractivity contribution in [2.75, 3.05) is 18.4 Å². The van der Waals surface area contributed by atoms with E-state index in [1.165, 1.54) is 25.5 Å². The Morgan fingerprint density at radius 1 is 1.23 bits per heavy atom. The first kappa shape index (κ1) is 14.8. The molecular weight excluding hydrogens is 278 g/mol. The lowest BCUT2D eigenvalue weighted by molar-refractivity contribution is -0.135. The van der Waals surface area contributed by atoms with Gasteiger partial charge in [0.15, 0.2) is 11.5 Å². The minimum atomic E-state index is 0.149. The summed E-state index contributed by atoms with van der Waals surface area (Å²) >= 11 is 0. The Labute approximate surface area is 130 Å². The third-order valence-corrected chi connectivity index (χ3v) is 4.60. The summed E-state index contributed by atoms with van der Waals surface area (Å²) in [6.07, 6.45) is 9.66.